The molecule has 178 valence electrons. The maximum atomic E-state index is 13.1. The molecule has 0 saturated carbocycles. The molecular weight excluding hydrogens is 468 g/mol. The van der Waals surface area contributed by atoms with E-state index < -0.39 is 23.7 Å². The minimum atomic E-state index is -4.68. The van der Waals surface area contributed by atoms with Crippen LogP contribution in [0.2, 0.25) is 0 Å². The van der Waals surface area contributed by atoms with Gasteiger partial charge in [0.05, 0.1) is 31.2 Å². The van der Waals surface area contributed by atoms with E-state index in [1.165, 1.54) is 26.4 Å². The third kappa shape index (κ3) is 4.40. The zero-order chi connectivity index (χ0) is 24.7. The quantitative estimate of drug-likeness (QED) is 0.362. The highest BCUT2D eigenvalue weighted by molar-refractivity contribution is 5.82. The number of pyridine rings is 1. The van der Waals surface area contributed by atoms with Crippen LogP contribution in [-0.2, 0) is 12.4 Å². The number of aromatic nitrogens is 5. The highest BCUT2D eigenvalue weighted by atomic mass is 19.4. The van der Waals surface area contributed by atoms with Gasteiger partial charge >= 0.3 is 12.4 Å². The molecule has 0 atom stereocenters. The number of hydrogen-bond acceptors (Lipinski definition) is 5. The topological polar surface area (TPSA) is 88.7 Å². The van der Waals surface area contributed by atoms with Crippen molar-refractivity contribution in [2.24, 2.45) is 0 Å². The Morgan fingerprint density at radius 3 is 1.47 bits per heavy atom. The van der Waals surface area contributed by atoms with Gasteiger partial charge in [0, 0.05) is 0 Å². The minimum absolute atomic E-state index is 0.0382. The average Bonchev–Trinajstić information content (AvgIpc) is 3.48. The second kappa shape index (κ2) is 8.39. The van der Waals surface area contributed by atoms with Gasteiger partial charge in [0.2, 0.25) is 0 Å². The van der Waals surface area contributed by atoms with Crippen LogP contribution in [0.15, 0.2) is 42.5 Å². The van der Waals surface area contributed by atoms with E-state index in [0.29, 0.717) is 22.6 Å². The number of halogens is 6. The Balaban J connectivity index is 1.94. The van der Waals surface area contributed by atoms with E-state index in [1.54, 1.807) is 18.2 Å². The SMILES string of the molecule is COc1cccc(OC)c1-c1cc(-c2cc(C(F)(F)F)[nH]n2)nc(-c2cc(C(F)(F)F)[nH]n2)c1. The van der Waals surface area contributed by atoms with E-state index in [1.807, 2.05) is 10.2 Å². The van der Waals surface area contributed by atoms with Gasteiger partial charge in [-0.3, -0.25) is 10.2 Å². The number of benzene rings is 1. The van der Waals surface area contributed by atoms with Gasteiger partial charge in [0.1, 0.15) is 34.3 Å². The van der Waals surface area contributed by atoms with Crippen molar-refractivity contribution in [2.45, 2.75) is 12.4 Å². The van der Waals surface area contributed by atoms with Crippen molar-refractivity contribution in [3.63, 3.8) is 0 Å². The molecule has 34 heavy (non-hydrogen) atoms. The highest BCUT2D eigenvalue weighted by Crippen LogP contribution is 2.41. The smallest absolute Gasteiger partial charge is 0.432 e. The lowest BCUT2D eigenvalue weighted by Crippen LogP contribution is -2.04. The molecule has 0 unspecified atom stereocenters. The second-order valence-corrected chi connectivity index (χ2v) is 6.99. The highest BCUT2D eigenvalue weighted by Gasteiger charge is 2.34. The molecule has 3 aromatic heterocycles. The summed E-state index contributed by atoms with van der Waals surface area (Å²) in [6, 6.07) is 9.28. The van der Waals surface area contributed by atoms with Gasteiger partial charge in [-0.15, -0.1) is 0 Å². The number of nitrogens with zero attached hydrogens (tertiary/aromatic N) is 3. The maximum absolute atomic E-state index is 13.1. The van der Waals surface area contributed by atoms with Crippen molar-refractivity contribution in [1.29, 1.82) is 0 Å². The number of methoxy groups -OCH3 is 2. The first-order valence-electron chi connectivity index (χ1n) is 9.50. The first-order chi connectivity index (χ1) is 16.0. The van der Waals surface area contributed by atoms with Crippen molar-refractivity contribution >= 4 is 0 Å². The van der Waals surface area contributed by atoms with E-state index in [0.717, 1.165) is 12.1 Å². The number of alkyl halides is 6. The molecule has 0 aliphatic heterocycles. The first-order valence-corrected chi connectivity index (χ1v) is 9.50. The molecule has 0 aliphatic carbocycles. The van der Waals surface area contributed by atoms with Crippen molar-refractivity contribution in [2.75, 3.05) is 14.2 Å². The van der Waals surface area contributed by atoms with Crippen LogP contribution in [0.25, 0.3) is 33.9 Å². The fraction of sp³-hybridized carbons (Fsp3) is 0.190. The number of rotatable bonds is 5. The van der Waals surface area contributed by atoms with Crippen molar-refractivity contribution in [3.8, 4) is 45.4 Å². The Morgan fingerprint density at radius 1 is 0.676 bits per heavy atom. The van der Waals surface area contributed by atoms with Crippen LogP contribution in [0.4, 0.5) is 26.3 Å². The molecule has 13 heteroatoms. The maximum Gasteiger partial charge on any atom is 0.432 e. The van der Waals surface area contributed by atoms with Crippen molar-refractivity contribution in [3.05, 3.63) is 53.9 Å². The molecule has 0 bridgehead atoms. The van der Waals surface area contributed by atoms with Crippen LogP contribution in [0.3, 0.4) is 0 Å². The van der Waals surface area contributed by atoms with Gasteiger partial charge in [-0.1, -0.05) is 6.07 Å². The predicted octanol–water partition coefficient (Wildman–Crippen LogP) is 5.58. The van der Waals surface area contributed by atoms with Crippen LogP contribution in [0, 0.1) is 0 Å². The lowest BCUT2D eigenvalue weighted by atomic mass is 10.0. The Kier molecular flexibility index (Phi) is 5.71. The zero-order valence-electron chi connectivity index (χ0n) is 17.5. The van der Waals surface area contributed by atoms with Gasteiger partial charge in [-0.25, -0.2) is 4.98 Å². The van der Waals surface area contributed by atoms with Gasteiger partial charge < -0.3 is 9.47 Å². The monoisotopic (exact) mass is 483 g/mol. The number of ether oxygens (including phenoxy) is 2. The minimum Gasteiger partial charge on any atom is -0.496 e. The molecular formula is C21H15F6N5O2. The van der Waals surface area contributed by atoms with Gasteiger partial charge in [0.25, 0.3) is 0 Å². The number of aromatic amines is 2. The molecule has 0 spiro atoms. The van der Waals surface area contributed by atoms with Crippen LogP contribution >= 0.6 is 0 Å². The third-order valence-corrected chi connectivity index (χ3v) is 4.83. The summed E-state index contributed by atoms with van der Waals surface area (Å²) in [4.78, 5) is 4.22. The van der Waals surface area contributed by atoms with Gasteiger partial charge in [-0.2, -0.15) is 36.5 Å². The Hall–Kier alpha value is -4.03. The summed E-state index contributed by atoms with van der Waals surface area (Å²) in [6.07, 6.45) is -9.36. The molecule has 0 saturated heterocycles. The fourth-order valence-electron chi connectivity index (χ4n) is 3.27. The van der Waals surface area contributed by atoms with Crippen LogP contribution in [0.5, 0.6) is 11.5 Å². The van der Waals surface area contributed by atoms with E-state index in [-0.39, 0.29) is 22.8 Å². The van der Waals surface area contributed by atoms with Crippen molar-refractivity contribution in [1.82, 2.24) is 25.4 Å². The molecule has 1 aromatic carbocycles. The van der Waals surface area contributed by atoms with Gasteiger partial charge in [-0.05, 0) is 42.0 Å². The van der Waals surface area contributed by atoms with Crippen LogP contribution in [0.1, 0.15) is 11.4 Å². The van der Waals surface area contributed by atoms with Gasteiger partial charge in [0.15, 0.2) is 0 Å². The molecule has 0 amide bonds. The summed E-state index contributed by atoms with van der Waals surface area (Å²) in [5, 5.41) is 11.1. The number of nitrogens with one attached hydrogen (secondary N) is 2. The molecule has 4 rings (SSSR count). The lowest BCUT2D eigenvalue weighted by molar-refractivity contribution is -0.142. The Bertz CT molecular complexity index is 1230. The van der Waals surface area contributed by atoms with Crippen LogP contribution in [-0.4, -0.2) is 39.6 Å². The zero-order valence-corrected chi connectivity index (χ0v) is 17.5. The molecule has 0 fully saturated rings. The molecule has 7 nitrogen and oxygen atoms in total. The summed E-state index contributed by atoms with van der Waals surface area (Å²) in [6.45, 7) is 0. The summed E-state index contributed by atoms with van der Waals surface area (Å²) in [5.41, 5.74) is -1.87. The van der Waals surface area contributed by atoms with Crippen LogP contribution < -0.4 is 9.47 Å². The largest absolute Gasteiger partial charge is 0.496 e. The molecule has 0 radical (unpaired) electrons. The van der Waals surface area contributed by atoms with Crippen molar-refractivity contribution < 1.29 is 35.8 Å². The number of H-pyrrole nitrogens is 2. The summed E-state index contributed by atoms with van der Waals surface area (Å²) in [7, 11) is 2.82. The predicted molar refractivity (Wildman–Crippen MR) is 108 cm³/mol. The third-order valence-electron chi connectivity index (χ3n) is 4.83. The average molecular weight is 483 g/mol. The summed E-state index contributed by atoms with van der Waals surface area (Å²) >= 11 is 0. The first kappa shape index (κ1) is 23.1. The standard InChI is InChI=1S/C21H15F6N5O2/c1-33-15-4-3-5-16(34-2)19(15)10-6-11(13-8-17(31-29-13)20(22,23)24)28-12(7-10)14-9-18(32-30-14)21(25,26)27/h3-9H,1-2H3,(H,29,31)(H,30,32). The lowest BCUT2D eigenvalue weighted by Gasteiger charge is -2.14. The normalized spacial score (nSPS) is 12.1. The molecule has 4 aromatic rings. The number of hydrogen-bond donors (Lipinski definition) is 2. The fourth-order valence-corrected chi connectivity index (χ4v) is 3.27. The molecule has 0 aliphatic rings. The summed E-state index contributed by atoms with van der Waals surface area (Å²) in [5.74, 6) is 0.719. The molecule has 3 heterocycles. The second-order valence-electron chi connectivity index (χ2n) is 6.99. The van der Waals surface area contributed by atoms with E-state index >= 15 is 0 Å². The Labute approximate surface area is 187 Å². The van der Waals surface area contributed by atoms with E-state index in [2.05, 4.69) is 15.2 Å². The van der Waals surface area contributed by atoms with E-state index in [9.17, 15) is 26.3 Å². The Morgan fingerprint density at radius 2 is 1.12 bits per heavy atom. The van der Waals surface area contributed by atoms with E-state index in [4.69, 9.17) is 9.47 Å². The summed E-state index contributed by atoms with van der Waals surface area (Å²) < 4.78 is 89.2. The molecule has 2 N–H and O–H groups in total.